The van der Waals surface area contributed by atoms with Crippen molar-refractivity contribution in [2.75, 3.05) is 56.2 Å². The molecule has 0 bridgehead atoms. The number of carbonyl (C=O) groups excluding carboxylic acids is 3. The Hall–Kier alpha value is -5.49. The van der Waals surface area contributed by atoms with E-state index in [1.54, 1.807) is 27.1 Å². The smallest absolute Gasteiger partial charge is 0.329 e. The molecule has 2 N–H and O–H groups in total. The van der Waals surface area contributed by atoms with Gasteiger partial charge in [-0.2, -0.15) is 10.2 Å². The molecule has 58 heavy (non-hydrogen) atoms. The van der Waals surface area contributed by atoms with Crippen molar-refractivity contribution in [1.29, 1.82) is 0 Å². The number of amides is 3. The van der Waals surface area contributed by atoms with Crippen LogP contribution in [0.1, 0.15) is 97.4 Å². The SMILES string of the molecule is Cn1c(=O)n(C2CCC(=O)NC2=O)c2cccc(C3CCN(C[C@H]4CC[C@H](n5cc(NC(=O)c6cnn7ccc(N8CCOCC8)nc67)c(C(F)F)n5)CC4)CC3)c21. The van der Waals surface area contributed by atoms with Crippen LogP contribution in [0.5, 0.6) is 0 Å². The van der Waals surface area contributed by atoms with E-state index in [0.29, 0.717) is 55.6 Å². The van der Waals surface area contributed by atoms with Crippen LogP contribution >= 0.6 is 0 Å². The van der Waals surface area contributed by atoms with E-state index in [4.69, 9.17) is 4.74 Å². The highest BCUT2D eigenvalue weighted by Gasteiger charge is 2.34. The largest absolute Gasteiger partial charge is 0.378 e. The Morgan fingerprint density at radius 1 is 1.00 bits per heavy atom. The van der Waals surface area contributed by atoms with Gasteiger partial charge in [-0.05, 0) is 87.6 Å². The first-order valence-electron chi connectivity index (χ1n) is 20.2. The molecular formula is C40H47F2N11O5. The first kappa shape index (κ1) is 38.1. The zero-order chi connectivity index (χ0) is 40.1. The minimum absolute atomic E-state index is 0.0167. The summed E-state index contributed by atoms with van der Waals surface area (Å²) in [6, 6.07) is 6.97. The van der Waals surface area contributed by atoms with Crippen LogP contribution in [-0.4, -0.2) is 102 Å². The molecule has 1 aromatic carbocycles. The van der Waals surface area contributed by atoms with Crippen LogP contribution in [-0.2, 0) is 21.4 Å². The van der Waals surface area contributed by atoms with Gasteiger partial charge in [0.15, 0.2) is 11.3 Å². The maximum Gasteiger partial charge on any atom is 0.329 e. The van der Waals surface area contributed by atoms with Crippen LogP contribution in [0.4, 0.5) is 20.3 Å². The highest BCUT2D eigenvalue weighted by Crippen LogP contribution is 2.38. The molecule has 9 rings (SSSR count). The van der Waals surface area contributed by atoms with Crippen LogP contribution in [0.15, 0.2) is 47.7 Å². The van der Waals surface area contributed by atoms with E-state index in [-0.39, 0.29) is 41.2 Å². The third kappa shape index (κ3) is 7.16. The third-order valence-corrected chi connectivity index (χ3v) is 12.5. The fraction of sp³-hybridized carbons (Fsp3) is 0.525. The zero-order valence-corrected chi connectivity index (χ0v) is 32.4. The number of imidazole rings is 1. The Morgan fingerprint density at radius 2 is 1.78 bits per heavy atom. The minimum Gasteiger partial charge on any atom is -0.378 e. The van der Waals surface area contributed by atoms with E-state index in [1.165, 1.54) is 16.9 Å². The average molecular weight is 800 g/mol. The van der Waals surface area contributed by atoms with Gasteiger partial charge in [0.05, 0.1) is 42.2 Å². The average Bonchev–Trinajstić information content (AvgIpc) is 3.93. The summed E-state index contributed by atoms with van der Waals surface area (Å²) in [5.74, 6) is 0.0811. The van der Waals surface area contributed by atoms with Crippen LogP contribution in [0.3, 0.4) is 0 Å². The normalized spacial score (nSPS) is 22.6. The van der Waals surface area contributed by atoms with Crippen molar-refractivity contribution in [2.24, 2.45) is 13.0 Å². The number of morpholine rings is 1. The molecule has 1 unspecified atom stereocenters. The fourth-order valence-corrected chi connectivity index (χ4v) is 9.44. The number of nitrogens with one attached hydrogen (secondary N) is 2. The molecule has 306 valence electrons. The number of benzene rings is 1. The number of piperidine rings is 2. The summed E-state index contributed by atoms with van der Waals surface area (Å²) >= 11 is 0. The molecular weight excluding hydrogens is 753 g/mol. The number of halogens is 2. The van der Waals surface area contributed by atoms with Crippen LogP contribution in [0.25, 0.3) is 16.7 Å². The topological polar surface area (TPSA) is 166 Å². The number of nitrogens with zero attached hydrogens (tertiary/aromatic N) is 9. The molecule has 4 aromatic heterocycles. The number of aromatic nitrogens is 7. The number of hydrogen-bond acceptors (Lipinski definition) is 10. The maximum absolute atomic E-state index is 14.3. The fourth-order valence-electron chi connectivity index (χ4n) is 9.44. The monoisotopic (exact) mass is 799 g/mol. The minimum atomic E-state index is -2.87. The summed E-state index contributed by atoms with van der Waals surface area (Å²) in [6.45, 7) is 5.30. The van der Waals surface area contributed by atoms with Gasteiger partial charge >= 0.3 is 5.69 Å². The number of para-hydroxylation sites is 1. The Kier molecular flexibility index (Phi) is 10.3. The second-order valence-corrected chi connectivity index (χ2v) is 16.0. The second kappa shape index (κ2) is 15.7. The molecule has 4 fully saturated rings. The number of hydrogen-bond donors (Lipinski definition) is 2. The standard InChI is InChI=1S/C40H47F2N11O5/c1-48-35-27(3-2-4-30(35)53(40(48)57)31-9-10-33(54)46-39(31)56)25-11-14-49(15-12-25)22-24-5-7-26(8-6-24)52-23-29(34(47-52)36(41)42)44-38(55)28-21-43-51-16-13-32(45-37(28)51)50-17-19-58-20-18-50/h2-4,13,16,21,23-26,31,36H,5-12,14-15,17-20,22H2,1H3,(H,44,55)(H,46,54,56)/t24-,26-,31?. The zero-order valence-electron chi connectivity index (χ0n) is 32.4. The molecule has 0 spiro atoms. The summed E-state index contributed by atoms with van der Waals surface area (Å²) in [7, 11) is 1.75. The Bertz CT molecular complexity index is 2420. The molecule has 3 amide bonds. The molecule has 1 saturated carbocycles. The van der Waals surface area contributed by atoms with Crippen molar-refractivity contribution >= 4 is 45.9 Å². The number of anilines is 2. The Labute approximate surface area is 332 Å². The van der Waals surface area contributed by atoms with E-state index in [9.17, 15) is 28.0 Å². The lowest BCUT2D eigenvalue weighted by molar-refractivity contribution is -0.135. The van der Waals surface area contributed by atoms with Crippen molar-refractivity contribution in [1.82, 2.24) is 43.7 Å². The predicted octanol–water partition coefficient (Wildman–Crippen LogP) is 4.19. The van der Waals surface area contributed by atoms with Gasteiger partial charge in [-0.15, -0.1) is 0 Å². The molecule has 18 heteroatoms. The van der Waals surface area contributed by atoms with E-state index < -0.39 is 30.0 Å². The number of ether oxygens (including phenoxy) is 1. The highest BCUT2D eigenvalue weighted by molar-refractivity contribution is 6.08. The van der Waals surface area contributed by atoms with Crippen LogP contribution < -0.4 is 21.2 Å². The van der Waals surface area contributed by atoms with Crippen molar-refractivity contribution in [3.63, 3.8) is 0 Å². The summed E-state index contributed by atoms with van der Waals surface area (Å²) in [4.78, 5) is 60.7. The molecule has 7 heterocycles. The molecule has 1 aliphatic carbocycles. The van der Waals surface area contributed by atoms with Gasteiger partial charge < -0.3 is 19.9 Å². The molecule has 1 atom stereocenters. The van der Waals surface area contributed by atoms with Crippen molar-refractivity contribution in [3.05, 3.63) is 70.2 Å². The predicted molar refractivity (Wildman–Crippen MR) is 209 cm³/mol. The van der Waals surface area contributed by atoms with Gasteiger partial charge in [-0.25, -0.2) is 23.1 Å². The summed E-state index contributed by atoms with van der Waals surface area (Å²) in [5, 5.41) is 13.6. The summed E-state index contributed by atoms with van der Waals surface area (Å²) in [5.41, 5.74) is 2.45. The quantitative estimate of drug-likeness (QED) is 0.207. The van der Waals surface area contributed by atoms with E-state index in [1.807, 2.05) is 18.2 Å². The van der Waals surface area contributed by atoms with Crippen molar-refractivity contribution in [2.45, 2.75) is 75.8 Å². The van der Waals surface area contributed by atoms with Crippen molar-refractivity contribution in [3.8, 4) is 0 Å². The number of alkyl halides is 2. The Balaban J connectivity index is 0.812. The third-order valence-electron chi connectivity index (χ3n) is 12.5. The first-order valence-corrected chi connectivity index (χ1v) is 20.2. The highest BCUT2D eigenvalue weighted by atomic mass is 19.3. The molecule has 0 radical (unpaired) electrons. The maximum atomic E-state index is 14.3. The molecule has 3 aliphatic heterocycles. The number of aryl methyl sites for hydroxylation is 1. The van der Waals surface area contributed by atoms with Gasteiger partial charge in [-0.3, -0.25) is 33.5 Å². The number of rotatable bonds is 9. The summed E-state index contributed by atoms with van der Waals surface area (Å²) in [6.07, 6.45) is 7.61. The number of likely N-dealkylation sites (tertiary alicyclic amines) is 1. The van der Waals surface area contributed by atoms with E-state index in [2.05, 4.69) is 41.7 Å². The van der Waals surface area contributed by atoms with E-state index >= 15 is 0 Å². The van der Waals surface area contributed by atoms with Crippen LogP contribution in [0, 0.1) is 5.92 Å². The molecule has 3 saturated heterocycles. The van der Waals surface area contributed by atoms with Gasteiger partial charge in [0.1, 0.15) is 17.4 Å². The van der Waals surface area contributed by atoms with E-state index in [0.717, 1.165) is 69.2 Å². The van der Waals surface area contributed by atoms with Gasteiger partial charge in [0.2, 0.25) is 11.8 Å². The van der Waals surface area contributed by atoms with Gasteiger partial charge in [0, 0.05) is 45.5 Å². The second-order valence-electron chi connectivity index (χ2n) is 16.0. The van der Waals surface area contributed by atoms with Crippen molar-refractivity contribution < 1.29 is 27.9 Å². The summed E-state index contributed by atoms with van der Waals surface area (Å²) < 4.78 is 40.3. The molecule has 5 aromatic rings. The Morgan fingerprint density at radius 3 is 2.52 bits per heavy atom. The number of imide groups is 1. The lowest BCUT2D eigenvalue weighted by atomic mass is 9.84. The molecule has 16 nitrogen and oxygen atoms in total. The van der Waals surface area contributed by atoms with Gasteiger partial charge in [-0.1, -0.05) is 12.1 Å². The van der Waals surface area contributed by atoms with Crippen LogP contribution in [0.2, 0.25) is 0 Å². The molecule has 4 aliphatic rings. The van der Waals surface area contributed by atoms with Gasteiger partial charge in [0.25, 0.3) is 12.3 Å². The number of carbonyl (C=O) groups is 3. The first-order chi connectivity index (χ1) is 28.1. The lowest BCUT2D eigenvalue weighted by Crippen LogP contribution is -2.44. The lowest BCUT2D eigenvalue weighted by Gasteiger charge is -2.37. The number of fused-ring (bicyclic) bond motifs is 2.